The Hall–Kier alpha value is -2.15. The lowest BCUT2D eigenvalue weighted by atomic mass is 10.1. The summed E-state index contributed by atoms with van der Waals surface area (Å²) in [6.45, 7) is 0.247. The lowest BCUT2D eigenvalue weighted by Crippen LogP contribution is -2.28. The van der Waals surface area contributed by atoms with Gasteiger partial charge in [0.25, 0.3) is 5.91 Å². The maximum atomic E-state index is 12.1. The van der Waals surface area contributed by atoms with E-state index >= 15 is 0 Å². The molecule has 1 heterocycles. The van der Waals surface area contributed by atoms with E-state index in [1.807, 2.05) is 6.07 Å². The molecule has 1 amide bonds. The van der Waals surface area contributed by atoms with Crippen molar-refractivity contribution in [3.05, 3.63) is 58.1 Å². The number of methoxy groups -OCH3 is 1. The van der Waals surface area contributed by atoms with Gasteiger partial charge in [-0.15, -0.1) is 11.3 Å². The minimum absolute atomic E-state index is 0.247. The molecule has 0 saturated heterocycles. The highest BCUT2D eigenvalue weighted by molar-refractivity contribution is 7.18. The molecule has 3 aromatic rings. The van der Waals surface area contributed by atoms with Crippen LogP contribution in [0.4, 0.5) is 0 Å². The van der Waals surface area contributed by atoms with E-state index in [4.69, 9.17) is 16.3 Å². The second kappa shape index (κ2) is 7.17. The number of nitrogens with zero attached hydrogens (tertiary/aromatic N) is 1. The van der Waals surface area contributed by atoms with E-state index < -0.39 is 12.0 Å². The molecular formula is C17H15ClN2O3S. The molecular weight excluding hydrogens is 348 g/mol. The van der Waals surface area contributed by atoms with E-state index in [0.717, 1.165) is 15.2 Å². The number of carbonyl (C=O) groups is 1. The molecule has 2 N–H and O–H groups in total. The summed E-state index contributed by atoms with van der Waals surface area (Å²) >= 11 is 7.42. The zero-order valence-electron chi connectivity index (χ0n) is 12.8. The molecule has 0 aliphatic rings. The third kappa shape index (κ3) is 3.67. The Kier molecular flexibility index (Phi) is 4.99. The number of hydrogen-bond acceptors (Lipinski definition) is 5. The molecule has 5 nitrogen and oxygen atoms in total. The minimum Gasteiger partial charge on any atom is -0.497 e. The number of aliphatic hydroxyl groups is 1. The summed E-state index contributed by atoms with van der Waals surface area (Å²) in [5.41, 5.74) is 1.27. The fourth-order valence-electron chi connectivity index (χ4n) is 2.25. The molecule has 0 aliphatic heterocycles. The summed E-state index contributed by atoms with van der Waals surface area (Å²) in [5.74, 6) is 0.0999. The van der Waals surface area contributed by atoms with Gasteiger partial charge in [0.1, 0.15) is 10.8 Å². The van der Waals surface area contributed by atoms with Gasteiger partial charge < -0.3 is 15.2 Å². The van der Waals surface area contributed by atoms with E-state index in [1.165, 1.54) is 18.4 Å². The molecule has 0 fully saturated rings. The van der Waals surface area contributed by atoms with Crippen LogP contribution in [-0.4, -0.2) is 23.1 Å². The smallest absolute Gasteiger partial charge is 0.253 e. The van der Waals surface area contributed by atoms with Gasteiger partial charge in [-0.05, 0) is 35.9 Å². The van der Waals surface area contributed by atoms with Crippen LogP contribution in [0.25, 0.3) is 10.2 Å². The average Bonchev–Trinajstić information content (AvgIpc) is 3.01. The molecule has 0 bridgehead atoms. The number of fused-ring (bicyclic) bond motifs is 1. The van der Waals surface area contributed by atoms with Crippen LogP contribution >= 0.6 is 22.9 Å². The van der Waals surface area contributed by atoms with Gasteiger partial charge in [0.15, 0.2) is 6.10 Å². The normalized spacial score (nSPS) is 12.1. The second-order valence-electron chi connectivity index (χ2n) is 5.12. The van der Waals surface area contributed by atoms with Gasteiger partial charge in [-0.2, -0.15) is 0 Å². The zero-order valence-corrected chi connectivity index (χ0v) is 14.4. The molecule has 7 heteroatoms. The van der Waals surface area contributed by atoms with Gasteiger partial charge in [-0.25, -0.2) is 4.98 Å². The van der Waals surface area contributed by atoms with Gasteiger partial charge in [-0.3, -0.25) is 4.79 Å². The summed E-state index contributed by atoms with van der Waals surface area (Å²) in [4.78, 5) is 16.6. The monoisotopic (exact) mass is 362 g/mol. The Labute approximate surface area is 147 Å². The summed E-state index contributed by atoms with van der Waals surface area (Å²) in [6.07, 6.45) is -1.26. The van der Waals surface area contributed by atoms with Crippen LogP contribution in [0.2, 0.25) is 5.02 Å². The highest BCUT2D eigenvalue weighted by atomic mass is 35.5. The largest absolute Gasteiger partial charge is 0.497 e. The number of aromatic nitrogens is 1. The summed E-state index contributed by atoms with van der Waals surface area (Å²) in [5, 5.41) is 14.2. The Morgan fingerprint density at radius 3 is 3.00 bits per heavy atom. The number of nitrogens with one attached hydrogen (secondary N) is 1. The molecule has 124 valence electrons. The predicted molar refractivity (Wildman–Crippen MR) is 94.4 cm³/mol. The van der Waals surface area contributed by atoms with E-state index in [0.29, 0.717) is 16.3 Å². The van der Waals surface area contributed by atoms with E-state index in [9.17, 15) is 9.90 Å². The number of benzene rings is 2. The number of halogens is 1. The van der Waals surface area contributed by atoms with Crippen molar-refractivity contribution in [1.82, 2.24) is 10.3 Å². The molecule has 1 atom stereocenters. The first-order valence-electron chi connectivity index (χ1n) is 7.21. The van der Waals surface area contributed by atoms with Gasteiger partial charge in [0.2, 0.25) is 0 Å². The minimum atomic E-state index is -1.26. The highest BCUT2D eigenvalue weighted by Gasteiger charge is 2.18. The number of aliphatic hydroxyl groups excluding tert-OH is 1. The number of amides is 1. The van der Waals surface area contributed by atoms with Crippen LogP contribution in [0.1, 0.15) is 16.7 Å². The topological polar surface area (TPSA) is 71.5 Å². The molecule has 1 unspecified atom stereocenters. The van der Waals surface area contributed by atoms with Crippen molar-refractivity contribution in [2.24, 2.45) is 0 Å². The van der Waals surface area contributed by atoms with Crippen LogP contribution < -0.4 is 10.1 Å². The van der Waals surface area contributed by atoms with Gasteiger partial charge in [0.05, 0.1) is 23.9 Å². The third-order valence-electron chi connectivity index (χ3n) is 3.47. The van der Waals surface area contributed by atoms with Crippen LogP contribution in [0.3, 0.4) is 0 Å². The second-order valence-corrected chi connectivity index (χ2v) is 6.67. The van der Waals surface area contributed by atoms with Crippen molar-refractivity contribution in [3.63, 3.8) is 0 Å². The van der Waals surface area contributed by atoms with Crippen molar-refractivity contribution >= 4 is 39.1 Å². The lowest BCUT2D eigenvalue weighted by molar-refractivity contribution is -0.129. The zero-order chi connectivity index (χ0) is 17.1. The van der Waals surface area contributed by atoms with Crippen LogP contribution in [0, 0.1) is 0 Å². The number of thiazole rings is 1. The highest BCUT2D eigenvalue weighted by Crippen LogP contribution is 2.25. The van der Waals surface area contributed by atoms with Crippen molar-refractivity contribution in [2.45, 2.75) is 12.6 Å². The maximum Gasteiger partial charge on any atom is 0.253 e. The number of ether oxygens (including phenoxy) is 1. The number of hydrogen-bond donors (Lipinski definition) is 2. The first-order valence-corrected chi connectivity index (χ1v) is 8.41. The molecule has 0 spiro atoms. The van der Waals surface area contributed by atoms with Crippen molar-refractivity contribution in [1.29, 1.82) is 0 Å². The van der Waals surface area contributed by atoms with E-state index in [1.54, 1.807) is 36.4 Å². The van der Waals surface area contributed by atoms with Gasteiger partial charge in [-0.1, -0.05) is 23.7 Å². The molecule has 0 aliphatic carbocycles. The predicted octanol–water partition coefficient (Wildman–Crippen LogP) is 3.31. The fraction of sp³-hybridized carbons (Fsp3) is 0.176. The van der Waals surface area contributed by atoms with Crippen molar-refractivity contribution in [3.8, 4) is 5.75 Å². The lowest BCUT2D eigenvalue weighted by Gasteiger charge is -2.11. The van der Waals surface area contributed by atoms with Crippen molar-refractivity contribution < 1.29 is 14.6 Å². The Morgan fingerprint density at radius 1 is 1.38 bits per heavy atom. The van der Waals surface area contributed by atoms with Crippen LogP contribution in [0.15, 0.2) is 42.5 Å². The first-order chi connectivity index (χ1) is 11.6. The molecule has 1 aromatic heterocycles. The van der Waals surface area contributed by atoms with E-state index in [-0.39, 0.29) is 6.54 Å². The van der Waals surface area contributed by atoms with Crippen LogP contribution in [-0.2, 0) is 11.3 Å². The van der Waals surface area contributed by atoms with Crippen LogP contribution in [0.5, 0.6) is 5.75 Å². The number of rotatable bonds is 5. The third-order valence-corrected chi connectivity index (χ3v) is 4.74. The summed E-state index contributed by atoms with van der Waals surface area (Å²) < 4.78 is 6.09. The quantitative estimate of drug-likeness (QED) is 0.730. The molecule has 2 aromatic carbocycles. The standard InChI is InChI=1S/C17H15ClN2O3S/c1-23-12-4-2-3-10(7-12)16(21)17(22)19-9-15-20-13-8-11(18)5-6-14(13)24-15/h2-8,16,21H,9H2,1H3,(H,19,22). The Morgan fingerprint density at radius 2 is 2.21 bits per heavy atom. The van der Waals surface area contributed by atoms with Gasteiger partial charge >= 0.3 is 0 Å². The Bertz CT molecular complexity index is 881. The summed E-state index contributed by atoms with van der Waals surface area (Å²) in [6, 6.07) is 12.3. The number of carbonyl (C=O) groups excluding carboxylic acids is 1. The fourth-order valence-corrected chi connectivity index (χ4v) is 3.30. The molecule has 0 radical (unpaired) electrons. The Balaban J connectivity index is 1.67. The van der Waals surface area contributed by atoms with Gasteiger partial charge in [0, 0.05) is 5.02 Å². The first kappa shape index (κ1) is 16.7. The molecule has 24 heavy (non-hydrogen) atoms. The van der Waals surface area contributed by atoms with E-state index in [2.05, 4.69) is 10.3 Å². The summed E-state index contributed by atoms with van der Waals surface area (Å²) in [7, 11) is 1.53. The maximum absolute atomic E-state index is 12.1. The van der Waals surface area contributed by atoms with Crippen molar-refractivity contribution in [2.75, 3.05) is 7.11 Å². The molecule has 3 rings (SSSR count). The average molecular weight is 363 g/mol. The SMILES string of the molecule is COc1cccc(C(O)C(=O)NCc2nc3cc(Cl)ccc3s2)c1. The molecule has 0 saturated carbocycles.